The van der Waals surface area contributed by atoms with E-state index in [9.17, 15) is 9.36 Å². The van der Waals surface area contributed by atoms with E-state index in [-0.39, 0.29) is 40.9 Å². The highest BCUT2D eigenvalue weighted by molar-refractivity contribution is 8.54. The van der Waals surface area contributed by atoms with Gasteiger partial charge in [-0.2, -0.15) is 0 Å². The third kappa shape index (κ3) is 11.9. The number of carbonyl (C=O) groups is 1. The van der Waals surface area contributed by atoms with Crippen LogP contribution in [0.2, 0.25) is 0 Å². The number of fused-ring (bicyclic) bond motifs is 8. The molecule has 0 aliphatic carbocycles. The van der Waals surface area contributed by atoms with Gasteiger partial charge >= 0.3 is 6.80 Å². The molecular weight excluding hydrogens is 1150 g/mol. The molecule has 0 radical (unpaired) electrons. The van der Waals surface area contributed by atoms with Crippen LogP contribution in [0.15, 0.2) is 104 Å². The van der Waals surface area contributed by atoms with Gasteiger partial charge in [-0.3, -0.25) is 32.6 Å². The average molecular weight is 1210 g/mol. The maximum Gasteiger partial charge on any atom is 0.389 e. The Morgan fingerprint density at radius 3 is 2.15 bits per heavy atom. The lowest BCUT2D eigenvalue weighted by atomic mass is 9.96. The predicted octanol–water partition coefficient (Wildman–Crippen LogP) is 6.16. The van der Waals surface area contributed by atoms with Gasteiger partial charge in [-0.1, -0.05) is 73.7 Å². The van der Waals surface area contributed by atoms with Crippen LogP contribution in [0.5, 0.6) is 0 Å². The van der Waals surface area contributed by atoms with Gasteiger partial charge in [0.2, 0.25) is 5.91 Å². The Morgan fingerprint density at radius 1 is 0.762 bits per heavy atom. The van der Waals surface area contributed by atoms with Crippen molar-refractivity contribution >= 4 is 90.0 Å². The molecule has 0 bridgehead atoms. The Bertz CT molecular complexity index is 3670. The number of halogens is 2. The SMILES string of the molecule is B[P@@]1(=O)OC[C@H]2O[C@@H](n3cnc4c(N)ccnc43)[C@H](F)[C@@H]2O[P@](=O)(SCc2ccc(COCCOCCOCCN3NNC4=C3c3ccccc3N(C(=O)CC)Cc3ccccc34)cc2)OC[C@H]2O[C@@H](n3cnc4c(N)ncnc43)[C@H](F)[C@@H]2O1. The summed E-state index contributed by atoms with van der Waals surface area (Å²) in [6.45, 7) is -0.795. The van der Waals surface area contributed by atoms with Gasteiger partial charge in [-0.05, 0) is 40.2 Å². The summed E-state index contributed by atoms with van der Waals surface area (Å²) >= 11 is 0.772. The van der Waals surface area contributed by atoms with Crippen LogP contribution >= 0.6 is 25.7 Å². The van der Waals surface area contributed by atoms with Gasteiger partial charge in [0.15, 0.2) is 41.9 Å². The van der Waals surface area contributed by atoms with Crippen molar-refractivity contribution in [2.24, 2.45) is 0 Å². The Labute approximate surface area is 485 Å². The summed E-state index contributed by atoms with van der Waals surface area (Å²) in [6.07, 6.45) is -7.34. The Hall–Kier alpha value is -6.43. The lowest BCUT2D eigenvalue weighted by molar-refractivity contribution is -0.118. The molecule has 3 aromatic carbocycles. The summed E-state index contributed by atoms with van der Waals surface area (Å²) in [5.41, 5.74) is 27.2. The molecule has 0 unspecified atom stereocenters. The van der Waals surface area contributed by atoms with Crippen molar-refractivity contribution in [3.8, 4) is 0 Å². The van der Waals surface area contributed by atoms with E-state index in [0.29, 0.717) is 69.3 Å². The van der Waals surface area contributed by atoms with Gasteiger partial charge in [0.05, 0.1) is 101 Å². The largest absolute Gasteiger partial charge is 0.397 e. The molecule has 5 aliphatic heterocycles. The molecule has 6 N–H and O–H groups in total. The number of nitrogens with zero attached hydrogens (tertiary/aromatic N) is 9. The van der Waals surface area contributed by atoms with Gasteiger partial charge in [0.1, 0.15) is 41.8 Å². The number of ether oxygens (including phenoxy) is 5. The number of alkyl halides is 2. The summed E-state index contributed by atoms with van der Waals surface area (Å²) in [5, 5.41) is 2.01. The highest BCUT2D eigenvalue weighted by atomic mass is 32.7. The molecule has 31 heteroatoms. The molecule has 442 valence electrons. The topological polar surface area (TPSA) is 291 Å². The summed E-state index contributed by atoms with van der Waals surface area (Å²) in [4.78, 5) is 36.1. The van der Waals surface area contributed by atoms with Crippen LogP contribution in [0.3, 0.4) is 0 Å². The number of benzene rings is 3. The number of hydrazine groups is 2. The molecule has 0 saturated carbocycles. The molecule has 3 saturated heterocycles. The molecule has 7 aromatic rings. The van der Waals surface area contributed by atoms with E-state index in [4.69, 9.17) is 53.2 Å². The molecule has 4 aromatic heterocycles. The Morgan fingerprint density at radius 2 is 1.40 bits per heavy atom. The zero-order valence-corrected chi connectivity index (χ0v) is 48.2. The molecular formula is C53H60BF2N13O12P2S. The smallest absolute Gasteiger partial charge is 0.389 e. The minimum Gasteiger partial charge on any atom is -0.397 e. The number of carbonyl (C=O) groups excluding carboxylic acids is 1. The molecule has 84 heavy (non-hydrogen) atoms. The number of anilines is 3. The maximum atomic E-state index is 17.0. The number of nitrogens with one attached hydrogen (secondary N) is 2. The number of nitrogen functional groups attached to an aromatic ring is 2. The van der Waals surface area contributed by atoms with Crippen LogP contribution < -0.4 is 27.3 Å². The highest BCUT2D eigenvalue weighted by Crippen LogP contribution is 2.65. The summed E-state index contributed by atoms with van der Waals surface area (Å²) in [6, 6.07) is 25.0. The number of pyridine rings is 1. The Balaban J connectivity index is 0.653. The van der Waals surface area contributed by atoms with Crippen molar-refractivity contribution < 1.29 is 64.5 Å². The van der Waals surface area contributed by atoms with Crippen molar-refractivity contribution in [2.45, 2.75) is 81.5 Å². The number of hydrogen-bond acceptors (Lipinski definition) is 23. The number of rotatable bonds is 17. The quantitative estimate of drug-likeness (QED) is 0.0451. The second kappa shape index (κ2) is 24.9. The van der Waals surface area contributed by atoms with Crippen molar-refractivity contribution in [2.75, 3.05) is 69.2 Å². The molecule has 5 aliphatic rings. The van der Waals surface area contributed by atoms with Crippen molar-refractivity contribution in [1.82, 2.24) is 50.0 Å². The molecule has 1 amide bonds. The third-order valence-corrected chi connectivity index (χ3v) is 19.7. The van der Waals surface area contributed by atoms with E-state index in [1.54, 1.807) is 6.07 Å². The van der Waals surface area contributed by atoms with Crippen LogP contribution in [0, 0.1) is 0 Å². The first-order valence-corrected chi connectivity index (χ1v) is 32.3. The number of hydrogen-bond donors (Lipinski definition) is 4. The monoisotopic (exact) mass is 1210 g/mol. The third-order valence-electron chi connectivity index (χ3n) is 14.8. The highest BCUT2D eigenvalue weighted by Gasteiger charge is 2.55. The number of para-hydroxylation sites is 1. The number of imidazole rings is 2. The molecule has 0 spiro atoms. The van der Waals surface area contributed by atoms with Crippen molar-refractivity contribution in [1.29, 1.82) is 0 Å². The number of nitrogens with two attached hydrogens (primary N) is 2. The number of aromatic nitrogens is 7. The first-order chi connectivity index (χ1) is 40.8. The number of amides is 1. The average Bonchev–Trinajstić information content (AvgIpc) is 2.24. The van der Waals surface area contributed by atoms with Gasteiger partial charge in [0, 0.05) is 29.5 Å². The maximum absolute atomic E-state index is 17.0. The van der Waals surface area contributed by atoms with Crippen molar-refractivity contribution in [3.05, 3.63) is 132 Å². The molecule has 25 nitrogen and oxygen atoms in total. The van der Waals surface area contributed by atoms with E-state index in [2.05, 4.69) is 48.0 Å². The fourth-order valence-corrected chi connectivity index (χ4v) is 15.1. The molecule has 12 rings (SSSR count). The second-order valence-corrected chi connectivity index (χ2v) is 26.3. The molecule has 10 atom stereocenters. The van der Waals surface area contributed by atoms with E-state index in [0.717, 1.165) is 58.3 Å². The summed E-state index contributed by atoms with van der Waals surface area (Å²) < 4.78 is 120. The van der Waals surface area contributed by atoms with Gasteiger partial charge < -0.3 is 54.5 Å². The predicted molar refractivity (Wildman–Crippen MR) is 308 cm³/mol. The molecule has 3 fully saturated rings. The zero-order valence-electron chi connectivity index (χ0n) is 45.6. The summed E-state index contributed by atoms with van der Waals surface area (Å²) in [7, 11) is -3.05. The molecule has 9 heterocycles. The van der Waals surface area contributed by atoms with Gasteiger partial charge in [-0.25, -0.2) is 38.3 Å². The lowest BCUT2D eigenvalue weighted by Crippen LogP contribution is -2.39. The standard InChI is InChI=1S/C53H60BF2N13O12P2S/c1-2-40(70)66-23-33-7-3-4-8-34(33)43-46(35-9-5-6-10-37(35)66)69(65-64-43)17-18-73-19-20-74-21-22-75-24-31-11-13-32(14-12-31)27-84-83(72)77-26-39-47(41(55)52(79-39)68-30-63-45-49(58)60-28-61-51(45)68)80-82(54,71)76-25-38-48(81-83)42(56)53(78-38)67-29-62-44-36(57)15-16-59-50(44)67/h3-16,28-30,38-39,41-42,47-48,52-53,64-65H,2,17-27,54H2,1H3,(H2,57,59)(H2,58,60,61)/t38-,39-,41-,42-,47-,48-,52-,53-,82-,83-/m1/s1. The summed E-state index contributed by atoms with van der Waals surface area (Å²) in [5.74, 6) is 0.148. The minimum atomic E-state index is -4.48. The first-order valence-electron chi connectivity index (χ1n) is 27.2. The van der Waals surface area contributed by atoms with Gasteiger partial charge in [-0.15, -0.1) is 5.53 Å². The normalized spacial score (nSPS) is 27.0. The van der Waals surface area contributed by atoms with Crippen LogP contribution in [0.4, 0.5) is 26.0 Å². The van der Waals surface area contributed by atoms with Crippen LogP contribution in [-0.2, 0) is 74.6 Å². The first kappa shape index (κ1) is 58.0. The fraction of sp³-hybridized carbons (Fsp3) is 0.396. The minimum absolute atomic E-state index is 0.0437. The van der Waals surface area contributed by atoms with E-state index in [1.165, 1.54) is 34.3 Å². The fourth-order valence-electron chi connectivity index (χ4n) is 10.6. The van der Waals surface area contributed by atoms with Crippen LogP contribution in [0.1, 0.15) is 53.6 Å². The van der Waals surface area contributed by atoms with Crippen LogP contribution in [-0.4, -0.2) is 142 Å². The second-order valence-electron chi connectivity index (χ2n) is 20.3. The van der Waals surface area contributed by atoms with Gasteiger partial charge in [0.25, 0.3) is 15.0 Å². The van der Waals surface area contributed by atoms with Crippen LogP contribution in [0.25, 0.3) is 33.7 Å². The van der Waals surface area contributed by atoms with E-state index < -0.39 is 76.7 Å². The van der Waals surface area contributed by atoms with E-state index in [1.807, 2.05) is 77.5 Å². The van der Waals surface area contributed by atoms with Crippen molar-refractivity contribution in [3.63, 3.8) is 0 Å². The lowest BCUT2D eigenvalue weighted by Gasteiger charge is -2.30. The van der Waals surface area contributed by atoms with E-state index >= 15 is 13.3 Å². The zero-order chi connectivity index (χ0) is 58.1. The Kier molecular flexibility index (Phi) is 17.2.